The van der Waals surface area contributed by atoms with Crippen molar-refractivity contribution in [3.8, 4) is 0 Å². The van der Waals surface area contributed by atoms with Crippen molar-refractivity contribution in [2.45, 2.75) is 6.92 Å². The number of hydrogen-bond donors (Lipinski definition) is 1. The van der Waals surface area contributed by atoms with E-state index in [0.29, 0.717) is 11.5 Å². The van der Waals surface area contributed by atoms with Gasteiger partial charge in [0.2, 0.25) is 5.82 Å². The molecular weight excluding hydrogens is 206 g/mol. The molecule has 1 aromatic heterocycles. The van der Waals surface area contributed by atoms with Gasteiger partial charge in [-0.15, -0.1) is 5.10 Å². The third kappa shape index (κ3) is 1.77. The molecule has 0 fully saturated rings. The first kappa shape index (κ1) is 10.3. The van der Waals surface area contributed by atoms with Crippen LogP contribution in [-0.2, 0) is 7.05 Å². The van der Waals surface area contributed by atoms with E-state index in [4.69, 9.17) is 5.21 Å². The van der Waals surface area contributed by atoms with Crippen molar-refractivity contribution in [1.82, 2.24) is 20.2 Å². The Hall–Kier alpha value is -2.24. The van der Waals surface area contributed by atoms with Gasteiger partial charge in [0.25, 0.3) is 0 Å². The lowest BCUT2D eigenvalue weighted by molar-refractivity contribution is 0.319. The number of nitrogens with zero attached hydrogens (tertiary/aromatic N) is 5. The zero-order chi connectivity index (χ0) is 11.5. The van der Waals surface area contributed by atoms with Crippen molar-refractivity contribution in [2.75, 3.05) is 0 Å². The van der Waals surface area contributed by atoms with Gasteiger partial charge in [0.05, 0.1) is 0 Å². The summed E-state index contributed by atoms with van der Waals surface area (Å²) < 4.78 is 1.46. The Morgan fingerprint density at radius 1 is 1.44 bits per heavy atom. The summed E-state index contributed by atoms with van der Waals surface area (Å²) in [6.45, 7) is 1.97. The summed E-state index contributed by atoms with van der Waals surface area (Å²) in [6, 6.07) is 7.60. The summed E-state index contributed by atoms with van der Waals surface area (Å²) in [4.78, 5) is 0. The molecule has 0 aliphatic heterocycles. The minimum Gasteiger partial charge on any atom is -0.410 e. The molecule has 0 radical (unpaired) electrons. The van der Waals surface area contributed by atoms with Crippen LogP contribution in [0.3, 0.4) is 0 Å². The third-order valence-electron chi connectivity index (χ3n) is 2.22. The number of aryl methyl sites for hydroxylation is 2. The first-order valence-corrected chi connectivity index (χ1v) is 4.74. The van der Waals surface area contributed by atoms with Crippen LogP contribution in [0, 0.1) is 6.92 Å². The van der Waals surface area contributed by atoms with Crippen LogP contribution in [-0.4, -0.2) is 31.1 Å². The average Bonchev–Trinajstić information content (AvgIpc) is 2.67. The van der Waals surface area contributed by atoms with Crippen molar-refractivity contribution < 1.29 is 5.21 Å². The normalized spacial score (nSPS) is 11.8. The van der Waals surface area contributed by atoms with Crippen LogP contribution in [0.4, 0.5) is 0 Å². The van der Waals surface area contributed by atoms with Gasteiger partial charge in [-0.05, 0) is 23.4 Å². The topological polar surface area (TPSA) is 76.2 Å². The van der Waals surface area contributed by atoms with Gasteiger partial charge in [0.1, 0.15) is 0 Å². The van der Waals surface area contributed by atoms with E-state index in [0.717, 1.165) is 11.1 Å². The third-order valence-corrected chi connectivity index (χ3v) is 2.22. The molecule has 1 N–H and O–H groups in total. The van der Waals surface area contributed by atoms with Crippen molar-refractivity contribution in [3.05, 3.63) is 41.2 Å². The van der Waals surface area contributed by atoms with Gasteiger partial charge in [-0.1, -0.05) is 28.9 Å². The fraction of sp³-hybridized carbons (Fsp3) is 0.200. The number of oxime groups is 1. The molecule has 0 unspecified atom stereocenters. The lowest BCUT2D eigenvalue weighted by Gasteiger charge is -2.03. The lowest BCUT2D eigenvalue weighted by atomic mass is 10.1. The van der Waals surface area contributed by atoms with Crippen molar-refractivity contribution >= 4 is 5.71 Å². The Morgan fingerprint density at radius 2 is 2.25 bits per heavy atom. The molecular formula is C10H11N5O. The molecule has 6 nitrogen and oxygen atoms in total. The molecule has 0 aliphatic rings. The predicted octanol–water partition coefficient (Wildman–Crippen LogP) is 0.745. The lowest BCUT2D eigenvalue weighted by Crippen LogP contribution is -2.11. The molecule has 16 heavy (non-hydrogen) atoms. The molecule has 6 heteroatoms. The first-order valence-electron chi connectivity index (χ1n) is 4.74. The molecule has 2 rings (SSSR count). The zero-order valence-electron chi connectivity index (χ0n) is 8.99. The Bertz CT molecular complexity index is 532. The van der Waals surface area contributed by atoms with Crippen LogP contribution in [0.25, 0.3) is 0 Å². The molecule has 2 aromatic rings. The molecule has 82 valence electrons. The molecule has 0 aliphatic carbocycles. The summed E-state index contributed by atoms with van der Waals surface area (Å²) in [6.07, 6.45) is 0. The highest BCUT2D eigenvalue weighted by molar-refractivity contribution is 6.10. The average molecular weight is 217 g/mol. The van der Waals surface area contributed by atoms with Crippen LogP contribution in [0.15, 0.2) is 29.4 Å². The summed E-state index contributed by atoms with van der Waals surface area (Å²) in [5.41, 5.74) is 2.21. The fourth-order valence-corrected chi connectivity index (χ4v) is 1.45. The van der Waals surface area contributed by atoms with Gasteiger partial charge in [0, 0.05) is 12.6 Å². The Kier molecular flexibility index (Phi) is 2.63. The van der Waals surface area contributed by atoms with E-state index in [1.807, 2.05) is 31.2 Å². The van der Waals surface area contributed by atoms with Crippen LogP contribution >= 0.6 is 0 Å². The van der Waals surface area contributed by atoms with Crippen LogP contribution in [0.5, 0.6) is 0 Å². The number of tetrazole rings is 1. The molecule has 1 aromatic carbocycles. The quantitative estimate of drug-likeness (QED) is 0.457. The minimum atomic E-state index is 0.358. The largest absolute Gasteiger partial charge is 0.410 e. The second-order valence-corrected chi connectivity index (χ2v) is 3.44. The molecule has 0 saturated carbocycles. The minimum absolute atomic E-state index is 0.358. The van der Waals surface area contributed by atoms with Gasteiger partial charge >= 0.3 is 0 Å². The highest BCUT2D eigenvalue weighted by atomic mass is 16.4. The van der Waals surface area contributed by atoms with E-state index in [1.54, 1.807) is 7.05 Å². The number of hydrogen-bond acceptors (Lipinski definition) is 5. The smallest absolute Gasteiger partial charge is 0.204 e. The highest BCUT2D eigenvalue weighted by Crippen LogP contribution is 2.09. The van der Waals surface area contributed by atoms with Crippen LogP contribution in [0.2, 0.25) is 0 Å². The van der Waals surface area contributed by atoms with E-state index in [1.165, 1.54) is 4.68 Å². The van der Waals surface area contributed by atoms with E-state index in [-0.39, 0.29) is 0 Å². The van der Waals surface area contributed by atoms with E-state index in [2.05, 4.69) is 20.7 Å². The molecule has 0 amide bonds. The molecule has 0 atom stereocenters. The van der Waals surface area contributed by atoms with Gasteiger partial charge in [-0.3, -0.25) is 0 Å². The van der Waals surface area contributed by atoms with Crippen molar-refractivity contribution in [1.29, 1.82) is 0 Å². The second kappa shape index (κ2) is 4.09. The molecule has 0 bridgehead atoms. The van der Waals surface area contributed by atoms with Gasteiger partial charge < -0.3 is 5.21 Å². The number of aromatic nitrogens is 4. The maximum atomic E-state index is 9.05. The van der Waals surface area contributed by atoms with E-state index < -0.39 is 0 Å². The summed E-state index contributed by atoms with van der Waals surface area (Å²) in [5, 5.41) is 23.3. The Labute approximate surface area is 92.2 Å². The monoisotopic (exact) mass is 217 g/mol. The van der Waals surface area contributed by atoms with Gasteiger partial charge in [-0.25, -0.2) is 4.68 Å². The highest BCUT2D eigenvalue weighted by Gasteiger charge is 2.14. The standard InChI is InChI=1S/C10H11N5O/c1-7-4-3-5-8(6-7)9(12-16)10-11-13-14-15(10)2/h3-6,16H,1-2H3. The SMILES string of the molecule is Cc1cccc(C(=NO)c2nnnn2C)c1. The van der Waals surface area contributed by atoms with Crippen LogP contribution in [0.1, 0.15) is 17.0 Å². The first-order chi connectivity index (χ1) is 7.72. The van der Waals surface area contributed by atoms with Crippen LogP contribution < -0.4 is 0 Å². The van der Waals surface area contributed by atoms with Crippen molar-refractivity contribution in [3.63, 3.8) is 0 Å². The predicted molar refractivity (Wildman–Crippen MR) is 57.4 cm³/mol. The van der Waals surface area contributed by atoms with Gasteiger partial charge in [0.15, 0.2) is 5.71 Å². The van der Waals surface area contributed by atoms with E-state index in [9.17, 15) is 0 Å². The number of rotatable bonds is 2. The maximum absolute atomic E-state index is 9.05. The molecule has 1 heterocycles. The van der Waals surface area contributed by atoms with Crippen molar-refractivity contribution in [2.24, 2.45) is 12.2 Å². The Balaban J connectivity index is 2.50. The Morgan fingerprint density at radius 3 is 2.81 bits per heavy atom. The number of benzene rings is 1. The van der Waals surface area contributed by atoms with E-state index >= 15 is 0 Å². The summed E-state index contributed by atoms with van der Waals surface area (Å²) in [7, 11) is 1.69. The molecule has 0 spiro atoms. The summed E-state index contributed by atoms with van der Waals surface area (Å²) >= 11 is 0. The summed E-state index contributed by atoms with van der Waals surface area (Å²) in [5.74, 6) is 0.424. The van der Waals surface area contributed by atoms with Gasteiger partial charge in [-0.2, -0.15) is 0 Å². The molecule has 0 saturated heterocycles. The second-order valence-electron chi connectivity index (χ2n) is 3.44. The zero-order valence-corrected chi connectivity index (χ0v) is 8.99. The fourth-order valence-electron chi connectivity index (χ4n) is 1.45. The maximum Gasteiger partial charge on any atom is 0.204 e.